The van der Waals surface area contributed by atoms with Gasteiger partial charge in [0.1, 0.15) is 5.82 Å². The van der Waals surface area contributed by atoms with E-state index in [4.69, 9.17) is 0 Å². The Bertz CT molecular complexity index is 928. The van der Waals surface area contributed by atoms with Crippen LogP contribution in [0.15, 0.2) is 35.8 Å². The Morgan fingerprint density at radius 2 is 2.22 bits per heavy atom. The highest BCUT2D eigenvalue weighted by Gasteiger charge is 2.15. The molecule has 0 spiro atoms. The number of rotatable bonds is 5. The minimum atomic E-state index is -3.46. The molecular formula is C14H16FN3O3S2. The average molecular weight is 357 g/mol. The lowest BCUT2D eigenvalue weighted by molar-refractivity contribution is -0.118. The molecule has 1 aromatic heterocycles. The maximum atomic E-state index is 13.3. The van der Waals surface area contributed by atoms with Crippen molar-refractivity contribution in [1.82, 2.24) is 8.87 Å². The van der Waals surface area contributed by atoms with E-state index in [9.17, 15) is 17.6 Å². The molecule has 6 nitrogen and oxygen atoms in total. The van der Waals surface area contributed by atoms with E-state index >= 15 is 0 Å². The Kier molecular flexibility index (Phi) is 5.12. The van der Waals surface area contributed by atoms with Gasteiger partial charge in [0.15, 0.2) is 4.80 Å². The fourth-order valence-electron chi connectivity index (χ4n) is 1.89. The van der Waals surface area contributed by atoms with Crippen molar-refractivity contribution in [3.8, 4) is 0 Å². The van der Waals surface area contributed by atoms with Crippen LogP contribution in [0.5, 0.6) is 0 Å². The first-order valence-corrected chi connectivity index (χ1v) is 9.27. The molecule has 0 N–H and O–H groups in total. The first kappa shape index (κ1) is 17.5. The summed E-state index contributed by atoms with van der Waals surface area (Å²) in [6, 6.07) is 4.31. The summed E-state index contributed by atoms with van der Waals surface area (Å²) in [7, 11) is -2.15. The van der Waals surface area contributed by atoms with Gasteiger partial charge >= 0.3 is 0 Å². The lowest BCUT2D eigenvalue weighted by atomic mass is 10.3. The van der Waals surface area contributed by atoms with Gasteiger partial charge in [0.2, 0.25) is 10.0 Å². The summed E-state index contributed by atoms with van der Waals surface area (Å²) in [6.07, 6.45) is 2.65. The molecule has 0 atom stereocenters. The highest BCUT2D eigenvalue weighted by atomic mass is 32.2. The van der Waals surface area contributed by atoms with Crippen LogP contribution in [-0.2, 0) is 21.4 Å². The van der Waals surface area contributed by atoms with E-state index in [1.165, 1.54) is 19.2 Å². The molecule has 0 radical (unpaired) electrons. The standard InChI is InChI=1S/C14H16FN3O3S2/c1-4-7-18-11-6-5-10(15)8-12(11)22-14(18)16-13(19)9-17(2)23(3,20)21/h4-6,8H,1,7,9H2,2-3H3. The SMILES string of the molecule is C=CCn1c(=NC(=O)CN(C)S(C)(=O)=O)sc2cc(F)ccc21. The number of benzene rings is 1. The number of allylic oxidation sites excluding steroid dienone is 1. The van der Waals surface area contributed by atoms with Crippen LogP contribution < -0.4 is 4.80 Å². The van der Waals surface area contributed by atoms with E-state index in [-0.39, 0.29) is 12.4 Å². The fourth-order valence-corrected chi connectivity index (χ4v) is 3.31. The molecule has 23 heavy (non-hydrogen) atoms. The number of hydrogen-bond donors (Lipinski definition) is 0. The molecule has 0 aliphatic heterocycles. The molecule has 1 heterocycles. The van der Waals surface area contributed by atoms with Crippen LogP contribution in [0.25, 0.3) is 10.2 Å². The van der Waals surface area contributed by atoms with E-state index in [2.05, 4.69) is 11.6 Å². The second-order valence-electron chi connectivity index (χ2n) is 4.92. The van der Waals surface area contributed by atoms with Crippen LogP contribution in [0.1, 0.15) is 0 Å². The summed E-state index contributed by atoms with van der Waals surface area (Å²) >= 11 is 1.16. The predicted molar refractivity (Wildman–Crippen MR) is 88.0 cm³/mol. The normalized spacial score (nSPS) is 13.0. The minimum Gasteiger partial charge on any atom is -0.313 e. The van der Waals surface area contributed by atoms with E-state index in [0.717, 1.165) is 27.4 Å². The second kappa shape index (κ2) is 6.73. The van der Waals surface area contributed by atoms with E-state index in [1.54, 1.807) is 16.7 Å². The van der Waals surface area contributed by atoms with Crippen LogP contribution in [0.2, 0.25) is 0 Å². The van der Waals surface area contributed by atoms with Gasteiger partial charge in [0.05, 0.1) is 23.0 Å². The van der Waals surface area contributed by atoms with Crippen LogP contribution in [0.3, 0.4) is 0 Å². The number of nitrogens with zero attached hydrogens (tertiary/aromatic N) is 3. The van der Waals surface area contributed by atoms with Gasteiger partial charge in [-0.2, -0.15) is 9.30 Å². The summed E-state index contributed by atoms with van der Waals surface area (Å²) < 4.78 is 39.3. The van der Waals surface area contributed by atoms with Gasteiger partial charge in [-0.05, 0) is 18.2 Å². The number of halogens is 1. The number of carbonyl (C=O) groups excluding carboxylic acids is 1. The summed E-state index contributed by atoms with van der Waals surface area (Å²) in [5, 5.41) is 0. The molecule has 2 rings (SSSR count). The molecule has 1 amide bonds. The summed E-state index contributed by atoms with van der Waals surface area (Å²) in [5.41, 5.74) is 0.735. The van der Waals surface area contributed by atoms with Crippen LogP contribution in [-0.4, -0.2) is 43.0 Å². The monoisotopic (exact) mass is 357 g/mol. The Hall–Kier alpha value is -1.84. The molecule has 0 saturated carbocycles. The van der Waals surface area contributed by atoms with Gasteiger partial charge in [-0.25, -0.2) is 12.8 Å². The maximum Gasteiger partial charge on any atom is 0.263 e. The largest absolute Gasteiger partial charge is 0.313 e. The number of fused-ring (bicyclic) bond motifs is 1. The van der Waals surface area contributed by atoms with Crippen molar-refractivity contribution >= 4 is 37.5 Å². The Morgan fingerprint density at radius 3 is 2.83 bits per heavy atom. The van der Waals surface area contributed by atoms with Gasteiger partial charge < -0.3 is 4.57 Å². The lowest BCUT2D eigenvalue weighted by Crippen LogP contribution is -2.31. The number of likely N-dealkylation sites (N-methyl/N-ethyl adjacent to an activating group) is 1. The number of sulfonamides is 1. The third kappa shape index (κ3) is 4.12. The molecule has 0 unspecified atom stereocenters. The van der Waals surface area contributed by atoms with Gasteiger partial charge in [-0.15, -0.1) is 6.58 Å². The van der Waals surface area contributed by atoms with Crippen molar-refractivity contribution in [2.75, 3.05) is 19.8 Å². The molecule has 9 heteroatoms. The fraction of sp³-hybridized carbons (Fsp3) is 0.286. The second-order valence-corrected chi connectivity index (χ2v) is 8.02. The molecule has 0 saturated heterocycles. The van der Waals surface area contributed by atoms with Gasteiger partial charge in [-0.1, -0.05) is 17.4 Å². The zero-order valence-corrected chi connectivity index (χ0v) is 14.3. The third-order valence-corrected chi connectivity index (χ3v) is 5.40. The number of amides is 1. The van der Waals surface area contributed by atoms with Gasteiger partial charge in [0.25, 0.3) is 5.91 Å². The number of thiazole rings is 1. The smallest absolute Gasteiger partial charge is 0.263 e. The van der Waals surface area contributed by atoms with Crippen molar-refractivity contribution < 1.29 is 17.6 Å². The van der Waals surface area contributed by atoms with Crippen molar-refractivity contribution in [3.63, 3.8) is 0 Å². The lowest BCUT2D eigenvalue weighted by Gasteiger charge is -2.10. The van der Waals surface area contributed by atoms with E-state index in [0.29, 0.717) is 16.0 Å². The molecule has 2 aromatic rings. The minimum absolute atomic E-state index is 0.352. The zero-order chi connectivity index (χ0) is 17.2. The topological polar surface area (TPSA) is 71.7 Å². The maximum absolute atomic E-state index is 13.3. The Morgan fingerprint density at radius 1 is 1.52 bits per heavy atom. The quantitative estimate of drug-likeness (QED) is 0.758. The van der Waals surface area contributed by atoms with Crippen molar-refractivity contribution in [2.45, 2.75) is 6.54 Å². The van der Waals surface area contributed by atoms with Crippen molar-refractivity contribution in [2.24, 2.45) is 4.99 Å². The first-order valence-electron chi connectivity index (χ1n) is 6.61. The van der Waals surface area contributed by atoms with Crippen molar-refractivity contribution in [1.29, 1.82) is 0 Å². The van der Waals surface area contributed by atoms with Crippen molar-refractivity contribution in [3.05, 3.63) is 41.5 Å². The van der Waals surface area contributed by atoms with Gasteiger partial charge in [-0.3, -0.25) is 4.79 Å². The highest BCUT2D eigenvalue weighted by Crippen LogP contribution is 2.18. The molecule has 0 fully saturated rings. The molecule has 124 valence electrons. The van der Waals surface area contributed by atoms with Crippen LogP contribution in [0, 0.1) is 5.82 Å². The van der Waals surface area contributed by atoms with E-state index in [1.807, 2.05) is 0 Å². The number of aromatic nitrogens is 1. The third-order valence-electron chi connectivity index (χ3n) is 3.10. The van der Waals surface area contributed by atoms with Crippen LogP contribution >= 0.6 is 11.3 Å². The zero-order valence-electron chi connectivity index (χ0n) is 12.7. The Labute approximate surface area is 137 Å². The Balaban J connectivity index is 2.47. The summed E-state index contributed by atoms with van der Waals surface area (Å²) in [5.74, 6) is -0.970. The molecular weight excluding hydrogens is 341 g/mol. The van der Waals surface area contributed by atoms with Crippen LogP contribution in [0.4, 0.5) is 4.39 Å². The predicted octanol–water partition coefficient (Wildman–Crippen LogP) is 1.35. The summed E-state index contributed by atoms with van der Waals surface area (Å²) in [6.45, 7) is 3.71. The molecule has 0 bridgehead atoms. The van der Waals surface area contributed by atoms with Gasteiger partial charge in [0, 0.05) is 13.6 Å². The summed E-state index contributed by atoms with van der Waals surface area (Å²) in [4.78, 5) is 16.3. The molecule has 0 aliphatic carbocycles. The molecule has 0 aliphatic rings. The molecule has 1 aromatic carbocycles. The van der Waals surface area contributed by atoms with E-state index < -0.39 is 15.9 Å². The number of hydrogen-bond acceptors (Lipinski definition) is 4. The highest BCUT2D eigenvalue weighted by molar-refractivity contribution is 7.88. The number of carbonyl (C=O) groups is 1. The average Bonchev–Trinajstić information content (AvgIpc) is 2.75. The first-order chi connectivity index (χ1) is 10.7.